The van der Waals surface area contributed by atoms with Crippen LogP contribution in [0.2, 0.25) is 0 Å². The molecule has 4 aliphatic carbocycles. The van der Waals surface area contributed by atoms with Crippen molar-refractivity contribution in [3.8, 4) is 0 Å². The van der Waals surface area contributed by atoms with E-state index in [4.69, 9.17) is 9.47 Å². The first-order chi connectivity index (χ1) is 15.9. The van der Waals surface area contributed by atoms with E-state index >= 15 is 0 Å². The molecule has 2 nitrogen and oxygen atoms in total. The number of fused-ring (bicyclic) bond motifs is 4. The predicted octanol–water partition coefficient (Wildman–Crippen LogP) is 9.11. The van der Waals surface area contributed by atoms with Crippen LogP contribution in [-0.2, 0) is 9.47 Å². The van der Waals surface area contributed by atoms with E-state index in [1.165, 1.54) is 63.4 Å². The summed E-state index contributed by atoms with van der Waals surface area (Å²) in [5.41, 5.74) is 6.68. The molecule has 7 atom stereocenters. The summed E-state index contributed by atoms with van der Waals surface area (Å²) in [6.07, 6.45) is 16.0. The first-order valence-electron chi connectivity index (χ1n) is 14.4. The normalized spacial score (nSPS) is 42.0. The van der Waals surface area contributed by atoms with Crippen molar-refractivity contribution in [1.29, 1.82) is 0 Å². The van der Waals surface area contributed by atoms with Crippen LogP contribution < -0.4 is 0 Å². The number of methoxy groups -OCH3 is 1. The summed E-state index contributed by atoms with van der Waals surface area (Å²) in [4.78, 5) is 0. The second-order valence-corrected chi connectivity index (χ2v) is 14.1. The van der Waals surface area contributed by atoms with Crippen LogP contribution in [0.1, 0.15) is 120 Å². The van der Waals surface area contributed by atoms with Gasteiger partial charge in [0.1, 0.15) is 6.79 Å². The molecule has 2 heteroatoms. The Morgan fingerprint density at radius 1 is 0.971 bits per heavy atom. The molecular formula is C32H54O2. The fraction of sp³-hybridized carbons (Fsp3) is 0.875. The molecule has 4 aliphatic rings. The van der Waals surface area contributed by atoms with Gasteiger partial charge in [0.2, 0.25) is 0 Å². The zero-order chi connectivity index (χ0) is 24.9. The third kappa shape index (κ3) is 3.98. The second-order valence-electron chi connectivity index (χ2n) is 14.1. The van der Waals surface area contributed by atoms with Crippen LogP contribution >= 0.6 is 0 Å². The van der Waals surface area contributed by atoms with E-state index in [-0.39, 0.29) is 5.41 Å². The Kier molecular flexibility index (Phi) is 7.29. The molecule has 0 aromatic rings. The highest BCUT2D eigenvalue weighted by molar-refractivity contribution is 5.38. The van der Waals surface area contributed by atoms with Gasteiger partial charge in [0.05, 0.1) is 6.10 Å². The van der Waals surface area contributed by atoms with Gasteiger partial charge in [-0.2, -0.15) is 0 Å². The van der Waals surface area contributed by atoms with Gasteiger partial charge >= 0.3 is 0 Å². The van der Waals surface area contributed by atoms with Crippen molar-refractivity contribution in [3.05, 3.63) is 22.8 Å². The van der Waals surface area contributed by atoms with Crippen molar-refractivity contribution >= 4 is 0 Å². The Hall–Kier alpha value is -0.600. The second kappa shape index (κ2) is 9.37. The zero-order valence-corrected chi connectivity index (χ0v) is 24.0. The number of rotatable bonds is 7. The minimum absolute atomic E-state index is 0.198. The quantitative estimate of drug-likeness (QED) is 0.273. The highest BCUT2D eigenvalue weighted by atomic mass is 16.7. The van der Waals surface area contributed by atoms with Crippen molar-refractivity contribution < 1.29 is 9.47 Å². The van der Waals surface area contributed by atoms with E-state index in [1.807, 2.05) is 11.1 Å². The van der Waals surface area contributed by atoms with E-state index < -0.39 is 0 Å². The van der Waals surface area contributed by atoms with Crippen molar-refractivity contribution in [2.24, 2.45) is 39.4 Å². The molecule has 0 amide bonds. The third-order valence-electron chi connectivity index (χ3n) is 12.0. The molecule has 0 N–H and O–H groups in total. The minimum Gasteiger partial charge on any atom is -0.359 e. The largest absolute Gasteiger partial charge is 0.359 e. The molecule has 0 aromatic heterocycles. The fourth-order valence-electron chi connectivity index (χ4n) is 9.90. The average Bonchev–Trinajstić information content (AvgIpc) is 3.04. The molecule has 0 spiro atoms. The maximum Gasteiger partial charge on any atom is 0.146 e. The summed E-state index contributed by atoms with van der Waals surface area (Å²) in [6.45, 7) is 20.5. The minimum atomic E-state index is 0.198. The fourth-order valence-corrected chi connectivity index (χ4v) is 9.90. The van der Waals surface area contributed by atoms with Crippen LogP contribution in [0.15, 0.2) is 22.8 Å². The van der Waals surface area contributed by atoms with Gasteiger partial charge in [0.15, 0.2) is 0 Å². The van der Waals surface area contributed by atoms with Crippen LogP contribution in [0.25, 0.3) is 0 Å². The first-order valence-corrected chi connectivity index (χ1v) is 14.4. The third-order valence-corrected chi connectivity index (χ3v) is 12.0. The summed E-state index contributed by atoms with van der Waals surface area (Å²) in [7, 11) is 1.74. The summed E-state index contributed by atoms with van der Waals surface area (Å²) in [6, 6.07) is 0. The van der Waals surface area contributed by atoms with Crippen molar-refractivity contribution in [3.63, 3.8) is 0 Å². The molecule has 34 heavy (non-hydrogen) atoms. The smallest absolute Gasteiger partial charge is 0.146 e. The maximum atomic E-state index is 6.23. The number of hydrogen-bond donors (Lipinski definition) is 0. The van der Waals surface area contributed by atoms with Gasteiger partial charge in [0, 0.05) is 7.11 Å². The van der Waals surface area contributed by atoms with E-state index in [1.54, 1.807) is 7.11 Å². The van der Waals surface area contributed by atoms with Gasteiger partial charge in [-0.25, -0.2) is 0 Å². The van der Waals surface area contributed by atoms with Crippen molar-refractivity contribution in [2.75, 3.05) is 13.9 Å². The van der Waals surface area contributed by atoms with Crippen molar-refractivity contribution in [2.45, 2.75) is 126 Å². The summed E-state index contributed by atoms with van der Waals surface area (Å²) >= 11 is 0. The Morgan fingerprint density at radius 3 is 2.38 bits per heavy atom. The summed E-state index contributed by atoms with van der Waals surface area (Å²) < 4.78 is 11.5. The lowest BCUT2D eigenvalue weighted by atomic mass is 9.43. The number of allylic oxidation sites excluding steroid dienone is 4. The Labute approximate surface area is 211 Å². The molecule has 2 saturated carbocycles. The lowest BCUT2D eigenvalue weighted by Gasteiger charge is -2.62. The molecule has 0 unspecified atom stereocenters. The predicted molar refractivity (Wildman–Crippen MR) is 144 cm³/mol. The van der Waals surface area contributed by atoms with Crippen LogP contribution in [0.4, 0.5) is 0 Å². The van der Waals surface area contributed by atoms with Gasteiger partial charge in [-0.1, -0.05) is 64.3 Å². The molecule has 0 bridgehead atoms. The summed E-state index contributed by atoms with van der Waals surface area (Å²) in [5, 5.41) is 0. The van der Waals surface area contributed by atoms with E-state index in [2.05, 4.69) is 61.5 Å². The Morgan fingerprint density at radius 2 is 1.71 bits per heavy atom. The van der Waals surface area contributed by atoms with Gasteiger partial charge in [-0.3, -0.25) is 0 Å². The molecule has 2 fully saturated rings. The lowest BCUT2D eigenvalue weighted by Crippen LogP contribution is -2.55. The molecular weight excluding hydrogens is 416 g/mol. The molecule has 4 rings (SSSR count). The number of ether oxygens (including phenoxy) is 2. The Balaban J connectivity index is 1.61. The van der Waals surface area contributed by atoms with Crippen molar-refractivity contribution in [1.82, 2.24) is 0 Å². The van der Waals surface area contributed by atoms with Crippen LogP contribution in [0.5, 0.6) is 0 Å². The summed E-state index contributed by atoms with van der Waals surface area (Å²) in [5.74, 6) is 2.41. The molecule has 0 radical (unpaired) electrons. The van der Waals surface area contributed by atoms with E-state index in [0.29, 0.717) is 35.1 Å². The molecule has 0 aromatic carbocycles. The van der Waals surface area contributed by atoms with Crippen LogP contribution in [0.3, 0.4) is 0 Å². The molecule has 0 heterocycles. The van der Waals surface area contributed by atoms with E-state index in [9.17, 15) is 0 Å². The van der Waals surface area contributed by atoms with Gasteiger partial charge < -0.3 is 9.47 Å². The maximum absolute atomic E-state index is 6.23. The topological polar surface area (TPSA) is 18.5 Å². The standard InChI is InChI=1S/C32H54O2/c1-22(2)11-10-12-23(3)24-15-19-32(8)26-13-14-27-29(4,5)28(34-21-33-9)17-18-30(27,6)25(26)16-20-31(24,32)7/h11,23-24,27-28H,10,12-21H2,1-9H3/t23-,24-,27+,28+,30-,31-,32+/m1/s1. The zero-order valence-electron chi connectivity index (χ0n) is 24.0. The average molecular weight is 471 g/mol. The number of hydrogen-bond acceptors (Lipinski definition) is 2. The van der Waals surface area contributed by atoms with Gasteiger partial charge in [-0.15, -0.1) is 0 Å². The van der Waals surface area contributed by atoms with Gasteiger partial charge in [-0.05, 0) is 117 Å². The molecule has 0 saturated heterocycles. The molecule has 194 valence electrons. The highest BCUT2D eigenvalue weighted by Gasteiger charge is 2.63. The van der Waals surface area contributed by atoms with E-state index in [0.717, 1.165) is 18.3 Å². The van der Waals surface area contributed by atoms with Crippen LogP contribution in [-0.4, -0.2) is 20.0 Å². The first kappa shape index (κ1) is 26.5. The monoisotopic (exact) mass is 470 g/mol. The van der Waals surface area contributed by atoms with Gasteiger partial charge in [0.25, 0.3) is 0 Å². The van der Waals surface area contributed by atoms with Crippen LogP contribution in [0, 0.1) is 39.4 Å². The molecule has 0 aliphatic heterocycles. The Bertz CT molecular complexity index is 817. The highest BCUT2D eigenvalue weighted by Crippen LogP contribution is 2.72. The SMILES string of the molecule is COCO[C@H]1CC[C@]2(C)C3=C(CC[C@H]2C1(C)C)[C@]1(C)CC[C@H]([C@H](C)CCC=C(C)C)[C@@]1(C)CC3. The lowest BCUT2D eigenvalue weighted by molar-refractivity contribution is -0.166.